The predicted octanol–water partition coefficient (Wildman–Crippen LogP) is 4.98. The molecule has 146 valence electrons. The van der Waals surface area contributed by atoms with Crippen molar-refractivity contribution in [2.24, 2.45) is 0 Å². The molecule has 1 heterocycles. The first kappa shape index (κ1) is 20.4. The Balaban J connectivity index is 1.51. The fourth-order valence-electron chi connectivity index (χ4n) is 2.70. The summed E-state index contributed by atoms with van der Waals surface area (Å²) in [7, 11) is 1.69. The normalized spacial score (nSPS) is 15.4. The maximum Gasteiger partial charge on any atom is 0.265 e. The van der Waals surface area contributed by atoms with Gasteiger partial charge in [0.15, 0.2) is 0 Å². The van der Waals surface area contributed by atoms with Crippen LogP contribution in [0.4, 0.5) is 0 Å². The summed E-state index contributed by atoms with van der Waals surface area (Å²) in [5, 5.41) is 0. The quantitative estimate of drug-likeness (QED) is 0.364. The number of rotatable bonds is 7. The van der Waals surface area contributed by atoms with Crippen LogP contribution in [0.1, 0.15) is 23.1 Å². The maximum absolute atomic E-state index is 12.1. The molecule has 0 bridgehead atoms. The monoisotopic (exact) mass is 413 g/mol. The highest BCUT2D eigenvalue weighted by Crippen LogP contribution is 2.31. The van der Waals surface area contributed by atoms with Crippen molar-refractivity contribution < 1.29 is 14.3 Å². The van der Waals surface area contributed by atoms with Crippen LogP contribution < -0.4 is 9.47 Å². The molecular weight excluding hydrogens is 390 g/mol. The summed E-state index contributed by atoms with van der Waals surface area (Å²) in [4.78, 5) is 14.2. The van der Waals surface area contributed by atoms with Gasteiger partial charge in [0.05, 0.1) is 18.1 Å². The molecule has 2 aromatic carbocycles. The van der Waals surface area contributed by atoms with E-state index in [9.17, 15) is 4.79 Å². The topological polar surface area (TPSA) is 38.8 Å². The first-order valence-electron chi connectivity index (χ1n) is 9.09. The molecule has 1 amide bonds. The second-order valence-corrected chi connectivity index (χ2v) is 8.24. The van der Waals surface area contributed by atoms with Crippen LogP contribution >= 0.6 is 24.0 Å². The Hall–Kier alpha value is -2.31. The Bertz CT molecular complexity index is 924. The molecule has 0 aliphatic carbocycles. The third-order valence-corrected chi connectivity index (χ3v) is 6.00. The summed E-state index contributed by atoms with van der Waals surface area (Å²) in [5.41, 5.74) is 3.32. The number of nitrogens with zero attached hydrogens (tertiary/aromatic N) is 1. The average Bonchev–Trinajstić information content (AvgIpc) is 2.92. The number of benzene rings is 2. The maximum atomic E-state index is 12.1. The minimum atomic E-state index is -0.0649. The molecule has 4 nitrogen and oxygen atoms in total. The Labute approximate surface area is 175 Å². The van der Waals surface area contributed by atoms with E-state index < -0.39 is 0 Å². The van der Waals surface area contributed by atoms with Gasteiger partial charge in [0.2, 0.25) is 0 Å². The summed E-state index contributed by atoms with van der Waals surface area (Å²) in [6.07, 6.45) is 2.63. The van der Waals surface area contributed by atoms with Crippen molar-refractivity contribution in [3.05, 3.63) is 64.1 Å². The third kappa shape index (κ3) is 4.94. The first-order valence-corrected chi connectivity index (χ1v) is 10.3. The van der Waals surface area contributed by atoms with E-state index in [0.29, 0.717) is 22.4 Å². The van der Waals surface area contributed by atoms with Crippen LogP contribution in [-0.4, -0.2) is 35.4 Å². The smallest absolute Gasteiger partial charge is 0.265 e. The molecule has 0 saturated carbocycles. The molecule has 1 fully saturated rings. The lowest BCUT2D eigenvalue weighted by Gasteiger charge is -2.11. The van der Waals surface area contributed by atoms with Crippen molar-refractivity contribution in [3.8, 4) is 11.5 Å². The molecule has 1 aliphatic heterocycles. The number of carbonyl (C=O) groups is 1. The lowest BCUT2D eigenvalue weighted by molar-refractivity contribution is -0.121. The van der Waals surface area contributed by atoms with Crippen molar-refractivity contribution in [1.29, 1.82) is 0 Å². The number of carbonyl (C=O) groups excluding carboxylic acids is 1. The Kier molecular flexibility index (Phi) is 6.75. The van der Waals surface area contributed by atoms with Gasteiger partial charge in [0.1, 0.15) is 15.8 Å². The molecule has 0 spiro atoms. The molecule has 2 aromatic rings. The van der Waals surface area contributed by atoms with Gasteiger partial charge in [-0.15, -0.1) is 0 Å². The fraction of sp³-hybridized carbons (Fsp3) is 0.273. The zero-order valence-electron chi connectivity index (χ0n) is 16.2. The lowest BCUT2D eigenvalue weighted by atomic mass is 10.1. The van der Waals surface area contributed by atoms with Gasteiger partial charge in [-0.1, -0.05) is 48.2 Å². The van der Waals surface area contributed by atoms with Crippen molar-refractivity contribution in [3.63, 3.8) is 0 Å². The summed E-state index contributed by atoms with van der Waals surface area (Å²) in [6, 6.07) is 13.8. The second-order valence-electron chi connectivity index (χ2n) is 6.56. The molecule has 0 atom stereocenters. The van der Waals surface area contributed by atoms with Gasteiger partial charge in [-0.05, 0) is 54.8 Å². The number of thiocarbonyl (C=S) groups is 1. The minimum absolute atomic E-state index is 0.0649. The van der Waals surface area contributed by atoms with Gasteiger partial charge >= 0.3 is 0 Å². The molecule has 0 N–H and O–H groups in total. The highest BCUT2D eigenvalue weighted by molar-refractivity contribution is 8.26. The molecule has 28 heavy (non-hydrogen) atoms. The fourth-order valence-corrected chi connectivity index (χ4v) is 3.88. The molecule has 0 unspecified atom stereocenters. The number of hydrogen-bond donors (Lipinski definition) is 0. The molecule has 1 saturated heterocycles. The third-order valence-electron chi connectivity index (χ3n) is 4.51. The van der Waals surface area contributed by atoms with Crippen LogP contribution in [-0.2, 0) is 4.79 Å². The van der Waals surface area contributed by atoms with E-state index in [1.54, 1.807) is 7.05 Å². The van der Waals surface area contributed by atoms with E-state index in [1.807, 2.05) is 42.5 Å². The van der Waals surface area contributed by atoms with Crippen molar-refractivity contribution in [1.82, 2.24) is 4.90 Å². The molecule has 6 heteroatoms. The van der Waals surface area contributed by atoms with E-state index in [4.69, 9.17) is 21.7 Å². The summed E-state index contributed by atoms with van der Waals surface area (Å²) in [6.45, 7) is 5.31. The van der Waals surface area contributed by atoms with Crippen LogP contribution in [0, 0.1) is 13.8 Å². The Morgan fingerprint density at radius 1 is 1.11 bits per heavy atom. The second kappa shape index (κ2) is 9.26. The highest BCUT2D eigenvalue weighted by atomic mass is 32.2. The van der Waals surface area contributed by atoms with E-state index in [-0.39, 0.29) is 5.91 Å². The Morgan fingerprint density at radius 3 is 2.61 bits per heavy atom. The van der Waals surface area contributed by atoms with E-state index in [2.05, 4.69) is 19.9 Å². The molecule has 3 rings (SSSR count). The standard InChI is InChI=1S/C22H23NO3S2/c1-15-7-4-10-19(16(15)2)26-12-6-11-25-18-9-5-8-17(13-18)14-20-21(24)23(3)22(27)28-20/h4-5,7-10,13-14H,6,11-12H2,1-3H3/b20-14-. The van der Waals surface area contributed by atoms with Crippen LogP contribution in [0.5, 0.6) is 11.5 Å². The molecule has 1 aliphatic rings. The van der Waals surface area contributed by atoms with Crippen LogP contribution in [0.15, 0.2) is 47.4 Å². The average molecular weight is 414 g/mol. The van der Waals surface area contributed by atoms with Crippen molar-refractivity contribution in [2.45, 2.75) is 20.3 Å². The number of amides is 1. The largest absolute Gasteiger partial charge is 0.493 e. The van der Waals surface area contributed by atoms with Gasteiger partial charge < -0.3 is 9.47 Å². The van der Waals surface area contributed by atoms with Crippen LogP contribution in [0.25, 0.3) is 6.08 Å². The molecule has 0 radical (unpaired) electrons. The van der Waals surface area contributed by atoms with Crippen molar-refractivity contribution in [2.75, 3.05) is 20.3 Å². The predicted molar refractivity (Wildman–Crippen MR) is 119 cm³/mol. The van der Waals surface area contributed by atoms with Gasteiger partial charge in [-0.3, -0.25) is 9.69 Å². The van der Waals surface area contributed by atoms with E-state index in [0.717, 1.165) is 23.5 Å². The minimum Gasteiger partial charge on any atom is -0.493 e. The van der Waals surface area contributed by atoms with E-state index in [1.165, 1.54) is 27.8 Å². The number of ether oxygens (including phenoxy) is 2. The first-order chi connectivity index (χ1) is 13.5. The number of hydrogen-bond acceptors (Lipinski definition) is 5. The summed E-state index contributed by atoms with van der Waals surface area (Å²) >= 11 is 6.48. The zero-order chi connectivity index (χ0) is 20.1. The zero-order valence-corrected chi connectivity index (χ0v) is 17.9. The van der Waals surface area contributed by atoms with E-state index >= 15 is 0 Å². The molecular formula is C22H23NO3S2. The number of likely N-dealkylation sites (N-methyl/N-ethyl adjacent to an activating group) is 1. The Morgan fingerprint density at radius 2 is 1.86 bits per heavy atom. The lowest BCUT2D eigenvalue weighted by Crippen LogP contribution is -2.22. The highest BCUT2D eigenvalue weighted by Gasteiger charge is 2.28. The summed E-state index contributed by atoms with van der Waals surface area (Å²) in [5.74, 6) is 1.63. The van der Waals surface area contributed by atoms with Crippen molar-refractivity contribution >= 4 is 40.3 Å². The number of thioether (sulfide) groups is 1. The number of aryl methyl sites for hydroxylation is 1. The summed E-state index contributed by atoms with van der Waals surface area (Å²) < 4.78 is 12.3. The molecule has 0 aromatic heterocycles. The van der Waals surface area contributed by atoms with Gasteiger partial charge in [0, 0.05) is 13.5 Å². The van der Waals surface area contributed by atoms with Gasteiger partial charge in [-0.2, -0.15) is 0 Å². The van der Waals surface area contributed by atoms with Crippen LogP contribution in [0.2, 0.25) is 0 Å². The van der Waals surface area contributed by atoms with Gasteiger partial charge in [0.25, 0.3) is 5.91 Å². The van der Waals surface area contributed by atoms with Crippen LogP contribution in [0.3, 0.4) is 0 Å². The SMILES string of the molecule is Cc1cccc(OCCCOc2cccc(/C=C3\SC(=S)N(C)C3=O)c2)c1C. The van der Waals surface area contributed by atoms with Gasteiger partial charge in [-0.25, -0.2) is 0 Å².